The average Bonchev–Trinajstić information content (AvgIpc) is 3.11. The summed E-state index contributed by atoms with van der Waals surface area (Å²) in [6.07, 6.45) is 5.68. The summed E-state index contributed by atoms with van der Waals surface area (Å²) in [4.78, 5) is 15.0. The van der Waals surface area contributed by atoms with Gasteiger partial charge in [0.25, 0.3) is 0 Å². The first-order chi connectivity index (χ1) is 11.7. The second-order valence-corrected chi connectivity index (χ2v) is 6.17. The number of amides is 1. The van der Waals surface area contributed by atoms with Crippen LogP contribution in [0.2, 0.25) is 0 Å². The first-order valence-corrected chi connectivity index (χ1v) is 8.53. The summed E-state index contributed by atoms with van der Waals surface area (Å²) >= 11 is 0. The van der Waals surface area contributed by atoms with Gasteiger partial charge in [-0.15, -0.1) is 0 Å². The highest BCUT2D eigenvalue weighted by Gasteiger charge is 2.28. The van der Waals surface area contributed by atoms with Crippen molar-refractivity contribution in [1.82, 2.24) is 10.2 Å². The van der Waals surface area contributed by atoms with Gasteiger partial charge in [-0.25, -0.2) is 4.39 Å². The molecule has 1 aliphatic heterocycles. The van der Waals surface area contributed by atoms with Gasteiger partial charge in [-0.3, -0.25) is 9.69 Å². The van der Waals surface area contributed by atoms with E-state index in [9.17, 15) is 9.18 Å². The third-order valence-corrected chi connectivity index (χ3v) is 4.44. The molecular weight excluding hydrogens is 307 g/mol. The Morgan fingerprint density at radius 2 is 1.92 bits per heavy atom. The average molecular weight is 330 g/mol. The van der Waals surface area contributed by atoms with Crippen LogP contribution in [0.5, 0.6) is 0 Å². The van der Waals surface area contributed by atoms with Gasteiger partial charge in [0.1, 0.15) is 17.6 Å². The molecule has 1 unspecified atom stereocenters. The maximum Gasteiger partial charge on any atom is 0.241 e. The van der Waals surface area contributed by atoms with E-state index < -0.39 is 0 Å². The molecule has 1 fully saturated rings. The zero-order valence-electron chi connectivity index (χ0n) is 13.7. The topological polar surface area (TPSA) is 45.5 Å². The van der Waals surface area contributed by atoms with Gasteiger partial charge in [-0.2, -0.15) is 0 Å². The lowest BCUT2D eigenvalue weighted by atomic mass is 10.0. The molecule has 5 heteroatoms. The van der Waals surface area contributed by atoms with Crippen molar-refractivity contribution in [2.24, 2.45) is 0 Å². The van der Waals surface area contributed by atoms with Crippen LogP contribution in [0.3, 0.4) is 0 Å². The zero-order valence-corrected chi connectivity index (χ0v) is 13.7. The molecule has 1 amide bonds. The summed E-state index contributed by atoms with van der Waals surface area (Å²) in [7, 11) is 0. The summed E-state index contributed by atoms with van der Waals surface area (Å²) < 4.78 is 18.5. The monoisotopic (exact) mass is 330 g/mol. The van der Waals surface area contributed by atoms with Gasteiger partial charge in [-0.1, -0.05) is 18.6 Å². The van der Waals surface area contributed by atoms with Gasteiger partial charge in [0.2, 0.25) is 5.91 Å². The van der Waals surface area contributed by atoms with Crippen molar-refractivity contribution in [2.45, 2.75) is 31.7 Å². The molecule has 0 spiro atoms. The molecule has 1 atom stereocenters. The highest BCUT2D eigenvalue weighted by Crippen LogP contribution is 2.25. The fourth-order valence-electron chi connectivity index (χ4n) is 3.21. The molecule has 0 aliphatic carbocycles. The van der Waals surface area contributed by atoms with E-state index in [1.165, 1.54) is 18.6 Å². The van der Waals surface area contributed by atoms with Crippen molar-refractivity contribution in [3.63, 3.8) is 0 Å². The van der Waals surface area contributed by atoms with Crippen LogP contribution in [0.25, 0.3) is 0 Å². The Balaban J connectivity index is 1.68. The van der Waals surface area contributed by atoms with Crippen LogP contribution in [0.15, 0.2) is 47.1 Å². The first kappa shape index (κ1) is 16.7. The SMILES string of the molecule is O=C(NCCc1ccco1)C(c1ccc(F)cc1)N1CCCCC1. The van der Waals surface area contributed by atoms with Crippen LogP contribution in [0.4, 0.5) is 4.39 Å². The van der Waals surface area contributed by atoms with Gasteiger partial charge in [-0.05, 0) is 55.8 Å². The Hall–Kier alpha value is -2.14. The fraction of sp³-hybridized carbons (Fsp3) is 0.421. The Morgan fingerprint density at radius 3 is 2.58 bits per heavy atom. The minimum Gasteiger partial charge on any atom is -0.469 e. The number of rotatable bonds is 6. The number of likely N-dealkylation sites (tertiary alicyclic amines) is 1. The van der Waals surface area contributed by atoms with Crippen LogP contribution in [0, 0.1) is 5.82 Å². The molecule has 1 aliphatic rings. The number of nitrogens with zero attached hydrogens (tertiary/aromatic N) is 1. The molecular formula is C19H23FN2O2. The molecule has 0 radical (unpaired) electrons. The molecule has 0 saturated carbocycles. The predicted octanol–water partition coefficient (Wildman–Crippen LogP) is 3.30. The third-order valence-electron chi connectivity index (χ3n) is 4.44. The summed E-state index contributed by atoms with van der Waals surface area (Å²) in [6, 6.07) is 9.63. The number of carbonyl (C=O) groups is 1. The van der Waals surface area contributed by atoms with E-state index in [2.05, 4.69) is 10.2 Å². The highest BCUT2D eigenvalue weighted by atomic mass is 19.1. The van der Waals surface area contributed by atoms with Crippen LogP contribution < -0.4 is 5.32 Å². The van der Waals surface area contributed by atoms with Crippen molar-refractivity contribution in [3.05, 3.63) is 59.8 Å². The lowest BCUT2D eigenvalue weighted by molar-refractivity contribution is -0.127. The molecule has 4 nitrogen and oxygen atoms in total. The number of hydrogen-bond acceptors (Lipinski definition) is 3. The highest BCUT2D eigenvalue weighted by molar-refractivity contribution is 5.83. The number of halogens is 1. The Labute approximate surface area is 141 Å². The second kappa shape index (κ2) is 8.11. The molecule has 2 heterocycles. The molecule has 1 aromatic carbocycles. The summed E-state index contributed by atoms with van der Waals surface area (Å²) in [6.45, 7) is 2.32. The molecule has 1 N–H and O–H groups in total. The fourth-order valence-corrected chi connectivity index (χ4v) is 3.21. The number of piperidine rings is 1. The standard InChI is InChI=1S/C19H23FN2O2/c20-16-8-6-15(7-9-16)18(22-12-2-1-3-13-22)19(23)21-11-10-17-5-4-14-24-17/h4-9,14,18H,1-3,10-13H2,(H,21,23). The minimum atomic E-state index is -0.359. The molecule has 2 aromatic rings. The second-order valence-electron chi connectivity index (χ2n) is 6.17. The predicted molar refractivity (Wildman–Crippen MR) is 90.0 cm³/mol. The molecule has 24 heavy (non-hydrogen) atoms. The van der Waals surface area contributed by atoms with Crippen LogP contribution in [-0.4, -0.2) is 30.4 Å². The molecule has 3 rings (SSSR count). The lowest BCUT2D eigenvalue weighted by Gasteiger charge is -2.34. The lowest BCUT2D eigenvalue weighted by Crippen LogP contribution is -2.43. The number of hydrogen-bond donors (Lipinski definition) is 1. The quantitative estimate of drug-likeness (QED) is 0.884. The van der Waals surface area contributed by atoms with E-state index in [1.807, 2.05) is 12.1 Å². The van der Waals surface area contributed by atoms with E-state index in [0.717, 1.165) is 37.3 Å². The van der Waals surface area contributed by atoms with Crippen molar-refractivity contribution >= 4 is 5.91 Å². The number of furan rings is 1. The first-order valence-electron chi connectivity index (χ1n) is 8.53. The van der Waals surface area contributed by atoms with Crippen molar-refractivity contribution in [3.8, 4) is 0 Å². The van der Waals surface area contributed by atoms with Gasteiger partial charge >= 0.3 is 0 Å². The zero-order chi connectivity index (χ0) is 16.8. The smallest absolute Gasteiger partial charge is 0.241 e. The molecule has 0 bridgehead atoms. The Kier molecular flexibility index (Phi) is 5.64. The van der Waals surface area contributed by atoms with E-state index in [0.29, 0.717) is 13.0 Å². The van der Waals surface area contributed by atoms with E-state index in [4.69, 9.17) is 4.42 Å². The Bertz CT molecular complexity index is 634. The summed E-state index contributed by atoms with van der Waals surface area (Å²) in [5.41, 5.74) is 0.841. The maximum atomic E-state index is 13.2. The number of nitrogens with one attached hydrogen (secondary N) is 1. The van der Waals surface area contributed by atoms with Crippen LogP contribution >= 0.6 is 0 Å². The summed E-state index contributed by atoms with van der Waals surface area (Å²) in [5, 5.41) is 3.00. The van der Waals surface area contributed by atoms with Crippen LogP contribution in [0.1, 0.15) is 36.6 Å². The number of benzene rings is 1. The van der Waals surface area contributed by atoms with E-state index in [-0.39, 0.29) is 17.8 Å². The third kappa shape index (κ3) is 4.23. The van der Waals surface area contributed by atoms with Gasteiger partial charge in [0.05, 0.1) is 6.26 Å². The largest absolute Gasteiger partial charge is 0.469 e. The Morgan fingerprint density at radius 1 is 1.17 bits per heavy atom. The molecule has 1 saturated heterocycles. The van der Waals surface area contributed by atoms with Gasteiger partial charge in [0, 0.05) is 13.0 Å². The van der Waals surface area contributed by atoms with Crippen LogP contribution in [-0.2, 0) is 11.2 Å². The van der Waals surface area contributed by atoms with E-state index in [1.54, 1.807) is 18.4 Å². The normalized spacial score (nSPS) is 16.7. The van der Waals surface area contributed by atoms with Crippen molar-refractivity contribution < 1.29 is 13.6 Å². The molecule has 1 aromatic heterocycles. The van der Waals surface area contributed by atoms with E-state index >= 15 is 0 Å². The maximum absolute atomic E-state index is 13.2. The van der Waals surface area contributed by atoms with Gasteiger partial charge < -0.3 is 9.73 Å². The molecule has 128 valence electrons. The summed E-state index contributed by atoms with van der Waals surface area (Å²) in [5.74, 6) is 0.538. The van der Waals surface area contributed by atoms with Crippen molar-refractivity contribution in [2.75, 3.05) is 19.6 Å². The van der Waals surface area contributed by atoms with Gasteiger partial charge in [0.15, 0.2) is 0 Å². The minimum absolute atomic E-state index is 0.0323. The van der Waals surface area contributed by atoms with Crippen molar-refractivity contribution in [1.29, 1.82) is 0 Å². The number of carbonyl (C=O) groups excluding carboxylic acids is 1.